The van der Waals surface area contributed by atoms with Crippen LogP contribution in [0.25, 0.3) is 10.9 Å². The van der Waals surface area contributed by atoms with Gasteiger partial charge in [0.15, 0.2) is 0 Å². The second-order valence-corrected chi connectivity index (χ2v) is 7.19. The Bertz CT molecular complexity index is 1000. The molecule has 150 valence electrons. The molecule has 7 heteroatoms. The van der Waals surface area contributed by atoms with Crippen LogP contribution >= 0.6 is 0 Å². The quantitative estimate of drug-likeness (QED) is 0.719. The SMILES string of the molecule is COc1ccc(CNC(=O)C2CCN(c3ncnc4ccc(F)cc34)CC2)cc1. The van der Waals surface area contributed by atoms with E-state index in [0.717, 1.165) is 35.5 Å². The monoisotopic (exact) mass is 394 g/mol. The van der Waals surface area contributed by atoms with Gasteiger partial charge < -0.3 is 15.0 Å². The maximum Gasteiger partial charge on any atom is 0.223 e. The van der Waals surface area contributed by atoms with Crippen molar-refractivity contribution < 1.29 is 13.9 Å². The lowest BCUT2D eigenvalue weighted by Crippen LogP contribution is -2.40. The molecule has 0 atom stereocenters. The maximum absolute atomic E-state index is 13.7. The number of hydrogen-bond donors (Lipinski definition) is 1. The molecule has 1 aliphatic heterocycles. The first-order valence-electron chi connectivity index (χ1n) is 9.70. The minimum Gasteiger partial charge on any atom is -0.497 e. The number of piperidine rings is 1. The number of benzene rings is 2. The molecule has 1 amide bonds. The minimum absolute atomic E-state index is 0.0330. The fraction of sp³-hybridized carbons (Fsp3) is 0.318. The predicted molar refractivity (Wildman–Crippen MR) is 109 cm³/mol. The van der Waals surface area contributed by atoms with E-state index < -0.39 is 0 Å². The average Bonchev–Trinajstić information content (AvgIpc) is 2.77. The Morgan fingerprint density at radius 1 is 1.17 bits per heavy atom. The number of nitrogens with one attached hydrogen (secondary N) is 1. The van der Waals surface area contributed by atoms with E-state index in [1.54, 1.807) is 13.2 Å². The largest absolute Gasteiger partial charge is 0.497 e. The molecular formula is C22H23FN4O2. The third-order valence-electron chi connectivity index (χ3n) is 5.37. The van der Waals surface area contributed by atoms with Crippen LogP contribution in [0.1, 0.15) is 18.4 Å². The Balaban J connectivity index is 1.35. The molecule has 1 N–H and O–H groups in total. The van der Waals surface area contributed by atoms with Crippen LogP contribution in [0.4, 0.5) is 10.2 Å². The molecule has 1 aromatic heterocycles. The van der Waals surface area contributed by atoms with Gasteiger partial charge in [-0.3, -0.25) is 4.79 Å². The zero-order chi connectivity index (χ0) is 20.2. The summed E-state index contributed by atoms with van der Waals surface area (Å²) >= 11 is 0. The lowest BCUT2D eigenvalue weighted by molar-refractivity contribution is -0.125. The molecule has 0 bridgehead atoms. The molecule has 2 heterocycles. The topological polar surface area (TPSA) is 67.3 Å². The van der Waals surface area contributed by atoms with Crippen LogP contribution in [0.3, 0.4) is 0 Å². The van der Waals surface area contributed by atoms with Gasteiger partial charge in [0.05, 0.1) is 12.6 Å². The van der Waals surface area contributed by atoms with Crippen LogP contribution in [-0.4, -0.2) is 36.1 Å². The van der Waals surface area contributed by atoms with E-state index in [9.17, 15) is 9.18 Å². The summed E-state index contributed by atoms with van der Waals surface area (Å²) < 4.78 is 18.8. The molecule has 6 nitrogen and oxygen atoms in total. The summed E-state index contributed by atoms with van der Waals surface area (Å²) in [6.45, 7) is 1.89. The Kier molecular flexibility index (Phi) is 5.55. The Morgan fingerprint density at radius 3 is 2.66 bits per heavy atom. The number of carbonyl (C=O) groups is 1. The van der Waals surface area contributed by atoms with Gasteiger partial charge in [-0.1, -0.05) is 12.1 Å². The van der Waals surface area contributed by atoms with Crippen molar-refractivity contribution in [1.82, 2.24) is 15.3 Å². The van der Waals surface area contributed by atoms with Gasteiger partial charge in [-0.25, -0.2) is 14.4 Å². The maximum atomic E-state index is 13.7. The lowest BCUT2D eigenvalue weighted by atomic mass is 9.95. The zero-order valence-electron chi connectivity index (χ0n) is 16.3. The van der Waals surface area contributed by atoms with Gasteiger partial charge in [0.1, 0.15) is 23.7 Å². The molecule has 1 aliphatic rings. The number of aromatic nitrogens is 2. The van der Waals surface area contributed by atoms with Crippen molar-refractivity contribution in [3.8, 4) is 5.75 Å². The Labute approximate surface area is 168 Å². The van der Waals surface area contributed by atoms with Gasteiger partial charge in [-0.05, 0) is 48.7 Å². The molecule has 0 unspecified atom stereocenters. The van der Waals surface area contributed by atoms with Crippen LogP contribution in [-0.2, 0) is 11.3 Å². The van der Waals surface area contributed by atoms with E-state index in [4.69, 9.17) is 4.74 Å². The third kappa shape index (κ3) is 4.29. The van der Waals surface area contributed by atoms with Crippen molar-refractivity contribution in [3.63, 3.8) is 0 Å². The number of fused-ring (bicyclic) bond motifs is 1. The summed E-state index contributed by atoms with van der Waals surface area (Å²) in [6, 6.07) is 12.2. The molecule has 1 fully saturated rings. The number of ether oxygens (including phenoxy) is 1. The van der Waals surface area contributed by atoms with Crippen LogP contribution in [0, 0.1) is 11.7 Å². The highest BCUT2D eigenvalue weighted by Crippen LogP contribution is 2.28. The van der Waals surface area contributed by atoms with Gasteiger partial charge in [0, 0.05) is 30.9 Å². The molecular weight excluding hydrogens is 371 g/mol. The van der Waals surface area contributed by atoms with Crippen LogP contribution in [0.5, 0.6) is 5.75 Å². The first-order chi connectivity index (χ1) is 14.1. The number of hydrogen-bond acceptors (Lipinski definition) is 5. The molecule has 0 aliphatic carbocycles. The number of carbonyl (C=O) groups excluding carboxylic acids is 1. The molecule has 4 rings (SSSR count). The number of amides is 1. The minimum atomic E-state index is -0.304. The second-order valence-electron chi connectivity index (χ2n) is 7.19. The van der Waals surface area contributed by atoms with E-state index in [1.807, 2.05) is 24.3 Å². The number of anilines is 1. The average molecular weight is 394 g/mol. The zero-order valence-corrected chi connectivity index (χ0v) is 16.3. The van der Waals surface area contributed by atoms with E-state index in [1.165, 1.54) is 18.5 Å². The molecule has 0 saturated carbocycles. The molecule has 0 radical (unpaired) electrons. The second kappa shape index (κ2) is 8.43. The lowest BCUT2D eigenvalue weighted by Gasteiger charge is -2.32. The van der Waals surface area contributed by atoms with Gasteiger partial charge in [-0.2, -0.15) is 0 Å². The summed E-state index contributed by atoms with van der Waals surface area (Å²) in [7, 11) is 1.63. The first kappa shape index (κ1) is 19.1. The van der Waals surface area contributed by atoms with Crippen LogP contribution in [0.15, 0.2) is 48.8 Å². The molecule has 2 aromatic carbocycles. The van der Waals surface area contributed by atoms with Crippen molar-refractivity contribution in [2.24, 2.45) is 5.92 Å². The van der Waals surface area contributed by atoms with Crippen molar-refractivity contribution >= 4 is 22.6 Å². The Hall–Kier alpha value is -3.22. The number of halogens is 1. The summed E-state index contributed by atoms with van der Waals surface area (Å²) in [4.78, 5) is 23.3. The molecule has 0 spiro atoms. The van der Waals surface area contributed by atoms with Crippen molar-refractivity contribution in [1.29, 1.82) is 0 Å². The van der Waals surface area contributed by atoms with Crippen molar-refractivity contribution in [2.75, 3.05) is 25.1 Å². The van der Waals surface area contributed by atoms with E-state index in [2.05, 4.69) is 20.2 Å². The standard InChI is InChI=1S/C22H23FN4O2/c1-29-18-5-2-15(3-6-18)13-24-22(28)16-8-10-27(11-9-16)21-19-12-17(23)4-7-20(19)25-14-26-21/h2-7,12,14,16H,8-11,13H2,1H3,(H,24,28). The fourth-order valence-corrected chi connectivity index (χ4v) is 3.70. The van der Waals surface area contributed by atoms with E-state index in [-0.39, 0.29) is 17.6 Å². The highest BCUT2D eigenvalue weighted by Gasteiger charge is 2.26. The smallest absolute Gasteiger partial charge is 0.223 e. The van der Waals surface area contributed by atoms with Gasteiger partial charge in [0.2, 0.25) is 5.91 Å². The molecule has 29 heavy (non-hydrogen) atoms. The normalized spacial score (nSPS) is 14.8. The fourth-order valence-electron chi connectivity index (χ4n) is 3.70. The third-order valence-corrected chi connectivity index (χ3v) is 5.37. The predicted octanol–water partition coefficient (Wildman–Crippen LogP) is 3.31. The van der Waals surface area contributed by atoms with Gasteiger partial charge in [-0.15, -0.1) is 0 Å². The van der Waals surface area contributed by atoms with Gasteiger partial charge >= 0.3 is 0 Å². The first-order valence-corrected chi connectivity index (χ1v) is 9.70. The van der Waals surface area contributed by atoms with E-state index in [0.29, 0.717) is 25.0 Å². The van der Waals surface area contributed by atoms with E-state index >= 15 is 0 Å². The van der Waals surface area contributed by atoms with Crippen LogP contribution in [0.2, 0.25) is 0 Å². The summed E-state index contributed by atoms with van der Waals surface area (Å²) in [6.07, 6.45) is 2.97. The number of rotatable bonds is 5. The highest BCUT2D eigenvalue weighted by molar-refractivity contribution is 5.89. The van der Waals surface area contributed by atoms with Crippen molar-refractivity contribution in [2.45, 2.75) is 19.4 Å². The van der Waals surface area contributed by atoms with Crippen molar-refractivity contribution in [3.05, 3.63) is 60.2 Å². The number of nitrogens with zero attached hydrogens (tertiary/aromatic N) is 3. The summed E-state index contributed by atoms with van der Waals surface area (Å²) in [5.74, 6) is 1.26. The Morgan fingerprint density at radius 2 is 1.93 bits per heavy atom. The highest BCUT2D eigenvalue weighted by atomic mass is 19.1. The molecule has 1 saturated heterocycles. The summed E-state index contributed by atoms with van der Waals surface area (Å²) in [5, 5.41) is 3.73. The van der Waals surface area contributed by atoms with Crippen LogP contribution < -0.4 is 15.0 Å². The van der Waals surface area contributed by atoms with Gasteiger partial charge in [0.25, 0.3) is 0 Å². The molecule has 3 aromatic rings. The number of methoxy groups -OCH3 is 1. The summed E-state index contributed by atoms with van der Waals surface area (Å²) in [5.41, 5.74) is 1.75.